The summed E-state index contributed by atoms with van der Waals surface area (Å²) in [5.41, 5.74) is 0.391. The maximum absolute atomic E-state index is 12.7. The molecule has 2 unspecified atom stereocenters. The zero-order chi connectivity index (χ0) is 21.7. The first-order valence-electron chi connectivity index (χ1n) is 9.85. The van der Waals surface area contributed by atoms with Crippen molar-refractivity contribution in [1.82, 2.24) is 15.1 Å². The van der Waals surface area contributed by atoms with E-state index in [-0.39, 0.29) is 19.1 Å². The van der Waals surface area contributed by atoms with Crippen LogP contribution in [-0.4, -0.2) is 86.5 Å². The van der Waals surface area contributed by atoms with E-state index in [1.54, 1.807) is 25.1 Å². The van der Waals surface area contributed by atoms with Crippen LogP contribution < -0.4 is 14.8 Å². The first kappa shape index (κ1) is 21.8. The van der Waals surface area contributed by atoms with Gasteiger partial charge in [-0.25, -0.2) is 4.79 Å². The second-order valence-corrected chi connectivity index (χ2v) is 7.19. The van der Waals surface area contributed by atoms with Crippen LogP contribution in [0.3, 0.4) is 0 Å². The van der Waals surface area contributed by atoms with Crippen molar-refractivity contribution in [1.29, 1.82) is 0 Å². The molecule has 0 radical (unpaired) electrons. The highest BCUT2D eigenvalue weighted by atomic mass is 16.7. The zero-order valence-corrected chi connectivity index (χ0v) is 17.4. The summed E-state index contributed by atoms with van der Waals surface area (Å²) in [5.74, 6) is 0.312. The molecule has 1 aromatic rings. The average molecular weight is 421 g/mol. The van der Waals surface area contributed by atoms with Crippen LogP contribution in [0.25, 0.3) is 0 Å². The number of amides is 1. The first-order chi connectivity index (χ1) is 14.3. The molecule has 1 amide bonds. The van der Waals surface area contributed by atoms with Gasteiger partial charge in [-0.2, -0.15) is 0 Å². The summed E-state index contributed by atoms with van der Waals surface area (Å²) >= 11 is 0. The minimum absolute atomic E-state index is 0.111. The number of carbonyl (C=O) groups excluding carboxylic acids is 3. The number of hydrogen-bond donors (Lipinski definition) is 1. The number of rotatable bonds is 7. The molecule has 0 saturated carbocycles. The lowest BCUT2D eigenvalue weighted by Gasteiger charge is -2.27. The van der Waals surface area contributed by atoms with Gasteiger partial charge < -0.3 is 29.2 Å². The summed E-state index contributed by atoms with van der Waals surface area (Å²) < 4.78 is 20.9. The molecule has 30 heavy (non-hydrogen) atoms. The molecule has 164 valence electrons. The molecule has 10 heteroatoms. The van der Waals surface area contributed by atoms with E-state index in [1.165, 1.54) is 14.0 Å². The molecule has 1 N–H and O–H groups in total. The van der Waals surface area contributed by atoms with Crippen molar-refractivity contribution >= 4 is 17.8 Å². The molecule has 0 aromatic heterocycles. The topological polar surface area (TPSA) is 107 Å². The minimum Gasteiger partial charge on any atom is -0.454 e. The van der Waals surface area contributed by atoms with Crippen molar-refractivity contribution in [3.05, 3.63) is 23.8 Å². The van der Waals surface area contributed by atoms with Gasteiger partial charge in [0.25, 0.3) is 0 Å². The fourth-order valence-corrected chi connectivity index (χ4v) is 3.15. The van der Waals surface area contributed by atoms with Gasteiger partial charge in [0, 0.05) is 45.7 Å². The Kier molecular flexibility index (Phi) is 7.11. The third-order valence-corrected chi connectivity index (χ3v) is 5.03. The Bertz CT molecular complexity index is 795. The normalized spacial score (nSPS) is 17.7. The van der Waals surface area contributed by atoms with Crippen LogP contribution in [0.5, 0.6) is 11.5 Å². The lowest BCUT2D eigenvalue weighted by molar-refractivity contribution is -0.167. The third-order valence-electron chi connectivity index (χ3n) is 5.03. The van der Waals surface area contributed by atoms with Crippen LogP contribution in [0.4, 0.5) is 4.79 Å². The first-order valence-corrected chi connectivity index (χ1v) is 9.85. The molecule has 10 nitrogen and oxygen atoms in total. The van der Waals surface area contributed by atoms with Gasteiger partial charge >= 0.3 is 12.1 Å². The number of fused-ring (bicyclic) bond motifs is 1. The number of nitrogens with zero attached hydrogens (tertiary/aromatic N) is 2. The number of likely N-dealkylation sites (N-methyl/N-ethyl adjacent to an activating group) is 1. The quantitative estimate of drug-likeness (QED) is 0.389. The number of ether oxygens (including phenoxy) is 4. The number of nitrogens with one attached hydrogen (secondary N) is 1. The van der Waals surface area contributed by atoms with E-state index >= 15 is 0 Å². The Morgan fingerprint density at radius 1 is 1.13 bits per heavy atom. The van der Waals surface area contributed by atoms with E-state index in [4.69, 9.17) is 18.9 Å². The van der Waals surface area contributed by atoms with Gasteiger partial charge in [0.05, 0.1) is 12.6 Å². The van der Waals surface area contributed by atoms with Gasteiger partial charge in [0.15, 0.2) is 17.3 Å². The monoisotopic (exact) mass is 421 g/mol. The molecule has 2 atom stereocenters. The van der Waals surface area contributed by atoms with Gasteiger partial charge in [-0.1, -0.05) is 0 Å². The number of benzene rings is 1. The van der Waals surface area contributed by atoms with Gasteiger partial charge in [-0.15, -0.1) is 0 Å². The molecule has 2 aliphatic heterocycles. The Morgan fingerprint density at radius 3 is 2.57 bits per heavy atom. The summed E-state index contributed by atoms with van der Waals surface area (Å²) in [6, 6.07) is 4.06. The number of Topliss-reactive ketones (excluding diaryl/α,β-unsaturated/α-hetero) is 1. The lowest BCUT2D eigenvalue weighted by atomic mass is 10.0. The highest BCUT2D eigenvalue weighted by Crippen LogP contribution is 2.33. The summed E-state index contributed by atoms with van der Waals surface area (Å²) in [5, 5.41) is 3.20. The molecule has 2 aliphatic rings. The Morgan fingerprint density at radius 2 is 1.83 bits per heavy atom. The van der Waals surface area contributed by atoms with Crippen molar-refractivity contribution in [2.75, 3.05) is 46.6 Å². The number of esters is 1. The van der Waals surface area contributed by atoms with E-state index < -0.39 is 24.4 Å². The predicted octanol–water partition coefficient (Wildman–Crippen LogP) is 0.849. The average Bonchev–Trinajstić information content (AvgIpc) is 3.20. The van der Waals surface area contributed by atoms with Crippen molar-refractivity contribution in [3.8, 4) is 11.5 Å². The van der Waals surface area contributed by atoms with Crippen LogP contribution in [0.1, 0.15) is 24.2 Å². The Balaban J connectivity index is 1.48. The van der Waals surface area contributed by atoms with Crippen molar-refractivity contribution < 1.29 is 33.3 Å². The highest BCUT2D eigenvalue weighted by molar-refractivity contribution is 6.01. The Labute approximate surface area is 175 Å². The molecular formula is C20H27N3O7. The van der Waals surface area contributed by atoms with Gasteiger partial charge in [-0.3, -0.25) is 14.5 Å². The van der Waals surface area contributed by atoms with Crippen LogP contribution >= 0.6 is 0 Å². The lowest BCUT2D eigenvalue weighted by Crippen LogP contribution is -2.46. The van der Waals surface area contributed by atoms with E-state index in [0.717, 1.165) is 31.1 Å². The summed E-state index contributed by atoms with van der Waals surface area (Å²) in [4.78, 5) is 40.3. The van der Waals surface area contributed by atoms with Crippen molar-refractivity contribution in [2.45, 2.75) is 26.2 Å². The molecule has 2 heterocycles. The molecule has 0 bridgehead atoms. The zero-order valence-electron chi connectivity index (χ0n) is 17.4. The molecule has 1 aromatic carbocycles. The van der Waals surface area contributed by atoms with Crippen LogP contribution in [0, 0.1) is 0 Å². The molecule has 0 spiro atoms. The van der Waals surface area contributed by atoms with Crippen molar-refractivity contribution in [2.24, 2.45) is 0 Å². The minimum atomic E-state index is -1.07. The van der Waals surface area contributed by atoms with Crippen LogP contribution in [-0.2, 0) is 14.3 Å². The summed E-state index contributed by atoms with van der Waals surface area (Å²) in [7, 11) is 1.45. The van der Waals surface area contributed by atoms with Gasteiger partial charge in [0.2, 0.25) is 13.1 Å². The molecule has 3 rings (SSSR count). The van der Waals surface area contributed by atoms with Crippen LogP contribution in [0.15, 0.2) is 18.2 Å². The third kappa shape index (κ3) is 5.39. The maximum atomic E-state index is 12.7. The molecule has 1 fully saturated rings. The maximum Gasteiger partial charge on any atom is 0.413 e. The summed E-state index contributed by atoms with van der Waals surface area (Å²) in [6.07, 6.45) is -1.83. The number of hydrogen-bond acceptors (Lipinski definition) is 9. The fraction of sp³-hybridized carbons (Fsp3) is 0.550. The number of piperazine rings is 1. The SMILES string of the molecule is CC(OC(=O)CN1CCNCC1)OC(=O)N(C)C(C)C(=O)c1ccc2c(c1)OCO2. The predicted molar refractivity (Wildman–Crippen MR) is 105 cm³/mol. The fourth-order valence-electron chi connectivity index (χ4n) is 3.15. The largest absolute Gasteiger partial charge is 0.454 e. The number of ketones is 1. The molecule has 1 saturated heterocycles. The van der Waals surface area contributed by atoms with Gasteiger partial charge in [0.1, 0.15) is 0 Å². The summed E-state index contributed by atoms with van der Waals surface area (Å²) in [6.45, 7) is 6.45. The second kappa shape index (κ2) is 9.77. The number of carbonyl (C=O) groups is 3. The van der Waals surface area contributed by atoms with Crippen LogP contribution in [0.2, 0.25) is 0 Å². The molecule has 0 aliphatic carbocycles. The van der Waals surface area contributed by atoms with Gasteiger partial charge in [-0.05, 0) is 25.1 Å². The van der Waals surface area contributed by atoms with Crippen molar-refractivity contribution in [3.63, 3.8) is 0 Å². The van der Waals surface area contributed by atoms with E-state index in [9.17, 15) is 14.4 Å². The smallest absolute Gasteiger partial charge is 0.413 e. The Hall–Kier alpha value is -2.85. The van der Waals surface area contributed by atoms with E-state index in [2.05, 4.69) is 5.32 Å². The highest BCUT2D eigenvalue weighted by Gasteiger charge is 2.28. The standard InChI is InChI=1S/C20H27N3O7/c1-13(19(25)15-4-5-16-17(10-15)28-12-27-16)22(3)20(26)30-14(2)29-18(24)11-23-8-6-21-7-9-23/h4-5,10,13-14,21H,6-9,11-12H2,1-3H3. The van der Waals surface area contributed by atoms with E-state index in [0.29, 0.717) is 17.1 Å². The van der Waals surface area contributed by atoms with E-state index in [1.807, 2.05) is 4.90 Å². The molecular weight excluding hydrogens is 394 g/mol. The second-order valence-electron chi connectivity index (χ2n) is 7.19.